The molecule has 1 aromatic heterocycles. The normalized spacial score (nSPS) is 21.1. The van der Waals surface area contributed by atoms with Gasteiger partial charge in [0.05, 0.1) is 16.6 Å². The maximum atomic E-state index is 12.4. The first kappa shape index (κ1) is 21.8. The van der Waals surface area contributed by atoms with Crippen LogP contribution in [0.3, 0.4) is 0 Å². The molecule has 0 aliphatic heterocycles. The number of ether oxygens (including phenoxy) is 1. The van der Waals surface area contributed by atoms with E-state index < -0.39 is 0 Å². The molecule has 26 heavy (non-hydrogen) atoms. The van der Waals surface area contributed by atoms with Crippen molar-refractivity contribution in [3.63, 3.8) is 0 Å². The molecule has 1 aliphatic carbocycles. The highest BCUT2D eigenvalue weighted by Crippen LogP contribution is 2.34. The van der Waals surface area contributed by atoms with Gasteiger partial charge in [-0.05, 0) is 64.7 Å². The Bertz CT molecular complexity index is 619. The van der Waals surface area contributed by atoms with Crippen LogP contribution < -0.4 is 5.56 Å². The molecule has 0 unspecified atom stereocenters. The second-order valence-electron chi connectivity index (χ2n) is 8.34. The number of halogens is 1. The number of thioether (sulfide) groups is 1. The largest absolute Gasteiger partial charge is 0.381 e. The first-order valence-corrected chi connectivity index (χ1v) is 11.2. The predicted molar refractivity (Wildman–Crippen MR) is 110 cm³/mol. The third kappa shape index (κ3) is 6.28. The van der Waals surface area contributed by atoms with Gasteiger partial charge < -0.3 is 4.74 Å². The van der Waals surface area contributed by atoms with Gasteiger partial charge in [0.2, 0.25) is 0 Å². The molecule has 0 aromatic carbocycles. The molecule has 0 atom stereocenters. The quantitative estimate of drug-likeness (QED) is 0.434. The van der Waals surface area contributed by atoms with E-state index in [1.165, 1.54) is 36.8 Å². The smallest absolute Gasteiger partial charge is 0.287 e. The zero-order valence-corrected chi connectivity index (χ0v) is 18.2. The Hall–Kier alpha value is -0.520. The summed E-state index contributed by atoms with van der Waals surface area (Å²) in [6, 6.07) is 0. The molecular weight excluding hydrogens is 368 g/mol. The van der Waals surface area contributed by atoms with Crippen LogP contribution in [0.1, 0.15) is 66.2 Å². The van der Waals surface area contributed by atoms with Gasteiger partial charge in [-0.1, -0.05) is 24.9 Å². The highest BCUT2D eigenvalue weighted by Gasteiger charge is 2.23. The van der Waals surface area contributed by atoms with Gasteiger partial charge in [0.1, 0.15) is 5.02 Å². The van der Waals surface area contributed by atoms with Crippen LogP contribution in [0.15, 0.2) is 15.9 Å². The molecule has 1 aromatic rings. The second-order valence-corrected chi connectivity index (χ2v) is 9.78. The van der Waals surface area contributed by atoms with Crippen molar-refractivity contribution in [3.05, 3.63) is 21.6 Å². The van der Waals surface area contributed by atoms with Crippen molar-refractivity contribution < 1.29 is 4.74 Å². The Morgan fingerprint density at radius 1 is 1.27 bits per heavy atom. The number of hydrogen-bond donors (Lipinski definition) is 0. The van der Waals surface area contributed by atoms with E-state index in [0.717, 1.165) is 30.3 Å². The van der Waals surface area contributed by atoms with Gasteiger partial charge in [-0.15, -0.1) is 11.8 Å². The Labute approximate surface area is 167 Å². The molecule has 0 N–H and O–H groups in total. The van der Waals surface area contributed by atoms with Crippen molar-refractivity contribution in [3.8, 4) is 0 Å². The minimum absolute atomic E-state index is 0.197. The topological polar surface area (TPSA) is 44.1 Å². The lowest BCUT2D eigenvalue weighted by atomic mass is 9.83. The van der Waals surface area contributed by atoms with Gasteiger partial charge in [-0.3, -0.25) is 4.79 Å². The summed E-state index contributed by atoms with van der Waals surface area (Å²) in [6.45, 7) is 9.87. The molecule has 1 saturated carbocycles. The molecule has 1 heterocycles. The van der Waals surface area contributed by atoms with Crippen molar-refractivity contribution in [2.45, 2.75) is 76.7 Å². The summed E-state index contributed by atoms with van der Waals surface area (Å²) in [4.78, 5) is 13.2. The zero-order valence-electron chi connectivity index (χ0n) is 16.6. The van der Waals surface area contributed by atoms with E-state index in [9.17, 15) is 4.79 Å². The zero-order chi connectivity index (χ0) is 19.2. The highest BCUT2D eigenvalue weighted by molar-refractivity contribution is 7.99. The second kappa shape index (κ2) is 10.1. The third-order valence-corrected chi connectivity index (χ3v) is 6.69. The van der Waals surface area contributed by atoms with E-state index in [1.807, 2.05) is 20.8 Å². The van der Waals surface area contributed by atoms with E-state index in [2.05, 4.69) is 12.0 Å². The van der Waals surface area contributed by atoms with Crippen LogP contribution in [0.25, 0.3) is 0 Å². The van der Waals surface area contributed by atoms with Crippen molar-refractivity contribution in [1.29, 1.82) is 0 Å². The average molecular weight is 401 g/mol. The molecule has 0 radical (unpaired) electrons. The monoisotopic (exact) mass is 400 g/mol. The summed E-state index contributed by atoms with van der Waals surface area (Å²) in [6.07, 6.45) is 9.06. The van der Waals surface area contributed by atoms with Crippen molar-refractivity contribution in [2.24, 2.45) is 11.8 Å². The molecular formula is C20H33ClN2O2S. The molecule has 0 bridgehead atoms. The summed E-state index contributed by atoms with van der Waals surface area (Å²) in [5.41, 5.74) is -0.557. The molecule has 1 aliphatic rings. The van der Waals surface area contributed by atoms with Crippen LogP contribution in [-0.2, 0) is 10.3 Å². The van der Waals surface area contributed by atoms with Crippen LogP contribution in [0.4, 0.5) is 0 Å². The maximum Gasteiger partial charge on any atom is 0.287 e. The minimum Gasteiger partial charge on any atom is -0.381 e. The molecule has 148 valence electrons. The SMILES string of the molecule is CCCCOCC1CCC(CSc2cnn(C(C)(C)C)c(=O)c2Cl)CC1. The fourth-order valence-electron chi connectivity index (χ4n) is 3.26. The number of aromatic nitrogens is 2. The van der Waals surface area contributed by atoms with Gasteiger partial charge >= 0.3 is 0 Å². The van der Waals surface area contributed by atoms with Gasteiger partial charge in [0.15, 0.2) is 0 Å². The standard InChI is InChI=1S/C20H33ClN2O2S/c1-5-6-11-25-13-15-7-9-16(10-8-15)14-26-17-12-22-23(20(2,3)4)19(24)18(17)21/h12,15-16H,5-11,13-14H2,1-4H3. The lowest BCUT2D eigenvalue weighted by molar-refractivity contribution is 0.0777. The lowest BCUT2D eigenvalue weighted by Gasteiger charge is -2.28. The van der Waals surface area contributed by atoms with E-state index in [1.54, 1.807) is 18.0 Å². The van der Waals surface area contributed by atoms with Crippen LogP contribution in [0.2, 0.25) is 5.02 Å². The molecule has 0 spiro atoms. The van der Waals surface area contributed by atoms with Gasteiger partial charge in [0.25, 0.3) is 5.56 Å². The summed E-state index contributed by atoms with van der Waals surface area (Å²) in [5.74, 6) is 2.41. The number of hydrogen-bond acceptors (Lipinski definition) is 4. The van der Waals surface area contributed by atoms with Crippen molar-refractivity contribution in [1.82, 2.24) is 9.78 Å². The Morgan fingerprint density at radius 2 is 1.92 bits per heavy atom. The Kier molecular flexibility index (Phi) is 8.49. The molecule has 1 fully saturated rings. The predicted octanol–water partition coefficient (Wildman–Crippen LogP) is 5.37. The lowest BCUT2D eigenvalue weighted by Crippen LogP contribution is -2.36. The van der Waals surface area contributed by atoms with Crippen LogP contribution in [0, 0.1) is 11.8 Å². The van der Waals surface area contributed by atoms with Crippen LogP contribution in [0.5, 0.6) is 0 Å². The van der Waals surface area contributed by atoms with Gasteiger partial charge in [-0.25, -0.2) is 4.68 Å². The highest BCUT2D eigenvalue weighted by atomic mass is 35.5. The fourth-order valence-corrected chi connectivity index (χ4v) is 4.64. The van der Waals surface area contributed by atoms with Crippen molar-refractivity contribution in [2.75, 3.05) is 19.0 Å². The first-order valence-electron chi connectivity index (χ1n) is 9.81. The summed E-state index contributed by atoms with van der Waals surface area (Å²) >= 11 is 7.99. The summed E-state index contributed by atoms with van der Waals surface area (Å²) in [5, 5.41) is 4.62. The first-order chi connectivity index (χ1) is 12.3. The average Bonchev–Trinajstić information content (AvgIpc) is 2.60. The number of unbranched alkanes of at least 4 members (excludes halogenated alkanes) is 1. The Balaban J connectivity index is 1.80. The van der Waals surface area contributed by atoms with Gasteiger partial charge in [0, 0.05) is 19.0 Å². The third-order valence-electron chi connectivity index (χ3n) is 4.96. The van der Waals surface area contributed by atoms with E-state index in [4.69, 9.17) is 16.3 Å². The molecule has 4 nitrogen and oxygen atoms in total. The minimum atomic E-state index is -0.360. The molecule has 0 amide bonds. The molecule has 0 saturated heterocycles. The van der Waals surface area contributed by atoms with E-state index >= 15 is 0 Å². The molecule has 6 heteroatoms. The number of rotatable bonds is 8. The maximum absolute atomic E-state index is 12.4. The number of nitrogens with zero attached hydrogens (tertiary/aromatic N) is 2. The van der Waals surface area contributed by atoms with Gasteiger partial charge in [-0.2, -0.15) is 5.10 Å². The summed E-state index contributed by atoms with van der Waals surface area (Å²) in [7, 11) is 0. The fraction of sp³-hybridized carbons (Fsp3) is 0.800. The molecule has 2 rings (SSSR count). The van der Waals surface area contributed by atoms with E-state index in [0.29, 0.717) is 16.9 Å². The summed E-state index contributed by atoms with van der Waals surface area (Å²) < 4.78 is 7.24. The van der Waals surface area contributed by atoms with Crippen molar-refractivity contribution >= 4 is 23.4 Å². The van der Waals surface area contributed by atoms with Crippen LogP contribution in [-0.4, -0.2) is 28.7 Å². The van der Waals surface area contributed by atoms with Crippen LogP contribution >= 0.6 is 23.4 Å². The Morgan fingerprint density at radius 3 is 2.54 bits per heavy atom. The van der Waals surface area contributed by atoms with E-state index in [-0.39, 0.29) is 11.1 Å².